The summed E-state index contributed by atoms with van der Waals surface area (Å²) in [4.78, 5) is 12.0. The molecule has 0 aliphatic heterocycles. The first-order valence-corrected chi connectivity index (χ1v) is 7.49. The van der Waals surface area contributed by atoms with Crippen LogP contribution in [0.2, 0.25) is 10.0 Å². The molecule has 23 heavy (non-hydrogen) atoms. The molecule has 0 bridgehead atoms. The maximum Gasteiger partial charge on any atom is 0.243 e. The van der Waals surface area contributed by atoms with E-state index in [1.54, 1.807) is 12.1 Å². The highest BCUT2D eigenvalue weighted by molar-refractivity contribution is 6.31. The van der Waals surface area contributed by atoms with Gasteiger partial charge >= 0.3 is 0 Å². The molecule has 0 saturated carbocycles. The number of benzene rings is 2. The molecule has 4 nitrogen and oxygen atoms in total. The molecule has 2 N–H and O–H groups in total. The Balaban J connectivity index is 2.01. The molecule has 7 heteroatoms. The normalized spacial score (nSPS) is 10.3. The number of hydrogen-bond donors (Lipinski definition) is 2. The number of carbonyl (C=O) groups is 1. The Hall–Kier alpha value is -1.98. The average Bonchev–Trinajstić information content (AvgIpc) is 2.51. The summed E-state index contributed by atoms with van der Waals surface area (Å²) in [5.41, 5.74) is 1.94. The lowest BCUT2D eigenvalue weighted by molar-refractivity contribution is -0.114. The summed E-state index contributed by atoms with van der Waals surface area (Å²) in [6.07, 6.45) is 0. The zero-order chi connectivity index (χ0) is 17.0. The summed E-state index contributed by atoms with van der Waals surface area (Å²) in [6, 6.07) is 7.45. The second kappa shape index (κ2) is 7.53. The number of ether oxygens (including phenoxy) is 1. The van der Waals surface area contributed by atoms with Crippen molar-refractivity contribution >= 4 is 40.5 Å². The van der Waals surface area contributed by atoms with E-state index in [0.29, 0.717) is 22.1 Å². The highest BCUT2D eigenvalue weighted by atomic mass is 35.5. The number of carbonyl (C=O) groups excluding carboxylic acids is 1. The molecule has 2 rings (SSSR count). The Morgan fingerprint density at radius 1 is 1.22 bits per heavy atom. The number of halogens is 3. The van der Waals surface area contributed by atoms with Gasteiger partial charge < -0.3 is 15.4 Å². The van der Waals surface area contributed by atoms with Crippen molar-refractivity contribution in [1.82, 2.24) is 0 Å². The van der Waals surface area contributed by atoms with Crippen LogP contribution >= 0.6 is 23.2 Å². The first kappa shape index (κ1) is 17.4. The Bertz CT molecular complexity index is 738. The van der Waals surface area contributed by atoms with Crippen molar-refractivity contribution in [2.75, 3.05) is 24.3 Å². The van der Waals surface area contributed by atoms with Crippen LogP contribution in [0.3, 0.4) is 0 Å². The van der Waals surface area contributed by atoms with Gasteiger partial charge in [0.1, 0.15) is 11.6 Å². The number of anilines is 2. The van der Waals surface area contributed by atoms with Gasteiger partial charge in [0, 0.05) is 16.8 Å². The van der Waals surface area contributed by atoms with Gasteiger partial charge in [-0.25, -0.2) is 4.39 Å². The Labute approximate surface area is 143 Å². The van der Waals surface area contributed by atoms with Crippen LogP contribution in [0, 0.1) is 12.7 Å². The molecular formula is C16H15Cl2FN2O2. The molecule has 0 fully saturated rings. The maximum absolute atomic E-state index is 13.1. The zero-order valence-corrected chi connectivity index (χ0v) is 14.1. The number of aryl methyl sites for hydroxylation is 1. The van der Waals surface area contributed by atoms with Gasteiger partial charge in [-0.15, -0.1) is 0 Å². The molecule has 0 atom stereocenters. The second-order valence-electron chi connectivity index (χ2n) is 4.83. The fraction of sp³-hybridized carbons (Fsp3) is 0.188. The average molecular weight is 357 g/mol. The van der Waals surface area contributed by atoms with Crippen molar-refractivity contribution in [3.8, 4) is 5.75 Å². The molecule has 2 aromatic rings. The first-order valence-electron chi connectivity index (χ1n) is 6.73. The molecule has 0 aliphatic carbocycles. The number of hydrogen-bond acceptors (Lipinski definition) is 3. The summed E-state index contributed by atoms with van der Waals surface area (Å²) >= 11 is 11.7. The van der Waals surface area contributed by atoms with Crippen LogP contribution in [0.15, 0.2) is 30.3 Å². The van der Waals surface area contributed by atoms with Gasteiger partial charge in [-0.2, -0.15) is 0 Å². The number of rotatable bonds is 5. The van der Waals surface area contributed by atoms with E-state index < -0.39 is 5.82 Å². The molecule has 0 saturated heterocycles. The van der Waals surface area contributed by atoms with Crippen LogP contribution in [-0.4, -0.2) is 19.6 Å². The van der Waals surface area contributed by atoms with E-state index in [9.17, 15) is 9.18 Å². The predicted molar refractivity (Wildman–Crippen MR) is 91.3 cm³/mol. The van der Waals surface area contributed by atoms with Crippen molar-refractivity contribution < 1.29 is 13.9 Å². The molecule has 0 unspecified atom stereocenters. The summed E-state index contributed by atoms with van der Waals surface area (Å²) in [5.74, 6) is -0.301. The van der Waals surface area contributed by atoms with Crippen molar-refractivity contribution in [3.05, 3.63) is 51.8 Å². The monoisotopic (exact) mass is 356 g/mol. The highest BCUT2D eigenvalue weighted by Gasteiger charge is 2.09. The highest BCUT2D eigenvalue weighted by Crippen LogP contribution is 2.30. The summed E-state index contributed by atoms with van der Waals surface area (Å²) < 4.78 is 18.3. The minimum absolute atomic E-state index is 0.00638. The molecule has 0 aromatic heterocycles. The minimum Gasteiger partial charge on any atom is -0.495 e. The van der Waals surface area contributed by atoms with Gasteiger partial charge in [-0.3, -0.25) is 4.79 Å². The third kappa shape index (κ3) is 4.50. The van der Waals surface area contributed by atoms with Crippen molar-refractivity contribution in [1.29, 1.82) is 0 Å². The van der Waals surface area contributed by atoms with Crippen LogP contribution in [0.5, 0.6) is 5.75 Å². The number of methoxy groups -OCH3 is 1. The quantitative estimate of drug-likeness (QED) is 0.828. The Morgan fingerprint density at radius 3 is 2.61 bits per heavy atom. The molecule has 2 aromatic carbocycles. The predicted octanol–water partition coefficient (Wildman–Crippen LogP) is 4.50. The van der Waals surface area contributed by atoms with Gasteiger partial charge in [0.05, 0.1) is 24.4 Å². The standard InChI is InChI=1S/C16H15Cl2FN2O2/c1-9-5-14(15(23-2)7-11(9)17)20-8-16(22)21-10-3-4-13(19)12(18)6-10/h3-7,20H,8H2,1-2H3,(H,21,22). The fourth-order valence-electron chi connectivity index (χ4n) is 1.92. The van der Waals surface area contributed by atoms with Gasteiger partial charge in [0.15, 0.2) is 0 Å². The minimum atomic E-state index is -0.538. The van der Waals surface area contributed by atoms with E-state index in [2.05, 4.69) is 10.6 Å². The van der Waals surface area contributed by atoms with Gasteiger partial charge in [-0.1, -0.05) is 23.2 Å². The molecule has 122 valence electrons. The van der Waals surface area contributed by atoms with Gasteiger partial charge in [0.2, 0.25) is 5.91 Å². The molecule has 0 heterocycles. The molecule has 0 spiro atoms. The van der Waals surface area contributed by atoms with Crippen molar-refractivity contribution in [3.63, 3.8) is 0 Å². The Kier molecular flexibility index (Phi) is 5.69. The van der Waals surface area contributed by atoms with E-state index >= 15 is 0 Å². The molecule has 1 amide bonds. The van der Waals surface area contributed by atoms with Gasteiger partial charge in [-0.05, 0) is 36.8 Å². The topological polar surface area (TPSA) is 50.4 Å². The lowest BCUT2D eigenvalue weighted by Crippen LogP contribution is -2.22. The van der Waals surface area contributed by atoms with E-state index in [-0.39, 0.29) is 17.5 Å². The van der Waals surface area contributed by atoms with Crippen LogP contribution in [-0.2, 0) is 4.79 Å². The van der Waals surface area contributed by atoms with E-state index in [0.717, 1.165) is 5.56 Å². The lowest BCUT2D eigenvalue weighted by atomic mass is 10.2. The third-order valence-corrected chi connectivity index (χ3v) is 3.82. The lowest BCUT2D eigenvalue weighted by Gasteiger charge is -2.13. The van der Waals surface area contributed by atoms with Crippen LogP contribution < -0.4 is 15.4 Å². The van der Waals surface area contributed by atoms with E-state index in [1.165, 1.54) is 25.3 Å². The zero-order valence-electron chi connectivity index (χ0n) is 12.5. The summed E-state index contributed by atoms with van der Waals surface area (Å²) in [6.45, 7) is 1.86. The number of nitrogens with one attached hydrogen (secondary N) is 2. The number of amides is 1. The Morgan fingerprint density at radius 2 is 1.96 bits per heavy atom. The van der Waals surface area contributed by atoms with Crippen LogP contribution in [0.25, 0.3) is 0 Å². The smallest absolute Gasteiger partial charge is 0.243 e. The van der Waals surface area contributed by atoms with E-state index in [1.807, 2.05) is 6.92 Å². The van der Waals surface area contributed by atoms with E-state index in [4.69, 9.17) is 27.9 Å². The molecular weight excluding hydrogens is 342 g/mol. The maximum atomic E-state index is 13.1. The first-order chi connectivity index (χ1) is 10.9. The van der Waals surface area contributed by atoms with Gasteiger partial charge in [0.25, 0.3) is 0 Å². The van der Waals surface area contributed by atoms with Crippen molar-refractivity contribution in [2.24, 2.45) is 0 Å². The van der Waals surface area contributed by atoms with Crippen LogP contribution in [0.1, 0.15) is 5.56 Å². The van der Waals surface area contributed by atoms with Crippen LogP contribution in [0.4, 0.5) is 15.8 Å². The molecule has 0 radical (unpaired) electrons. The SMILES string of the molecule is COc1cc(Cl)c(C)cc1NCC(=O)Nc1ccc(F)c(Cl)c1. The largest absolute Gasteiger partial charge is 0.495 e. The fourth-order valence-corrected chi connectivity index (χ4v) is 2.26. The van der Waals surface area contributed by atoms with Crippen molar-refractivity contribution in [2.45, 2.75) is 6.92 Å². The summed E-state index contributed by atoms with van der Waals surface area (Å²) in [5, 5.41) is 6.13. The second-order valence-corrected chi connectivity index (χ2v) is 5.65. The third-order valence-electron chi connectivity index (χ3n) is 3.12. The molecule has 0 aliphatic rings. The summed E-state index contributed by atoms with van der Waals surface area (Å²) in [7, 11) is 1.52.